The van der Waals surface area contributed by atoms with E-state index in [9.17, 15) is 9.50 Å². The number of aliphatic hydroxyl groups is 1. The molecule has 3 N–H and O–H groups in total. The Labute approximate surface area is 96.3 Å². The van der Waals surface area contributed by atoms with E-state index >= 15 is 0 Å². The zero-order valence-corrected chi connectivity index (χ0v) is 9.91. The van der Waals surface area contributed by atoms with Crippen molar-refractivity contribution in [3.8, 4) is 0 Å². The van der Waals surface area contributed by atoms with Crippen molar-refractivity contribution in [2.24, 2.45) is 5.73 Å². The topological polar surface area (TPSA) is 46.2 Å². The predicted octanol–water partition coefficient (Wildman–Crippen LogP) is 2.34. The van der Waals surface area contributed by atoms with Gasteiger partial charge in [-0.3, -0.25) is 0 Å². The van der Waals surface area contributed by atoms with Crippen LogP contribution in [-0.2, 0) is 0 Å². The van der Waals surface area contributed by atoms with E-state index in [1.807, 2.05) is 6.07 Å². The summed E-state index contributed by atoms with van der Waals surface area (Å²) in [6.07, 6.45) is 1.08. The van der Waals surface area contributed by atoms with Gasteiger partial charge < -0.3 is 10.8 Å². The van der Waals surface area contributed by atoms with Crippen molar-refractivity contribution in [2.75, 3.05) is 6.54 Å². The fourth-order valence-corrected chi connectivity index (χ4v) is 1.88. The van der Waals surface area contributed by atoms with Crippen LogP contribution >= 0.6 is 0 Å². The van der Waals surface area contributed by atoms with Crippen molar-refractivity contribution in [1.82, 2.24) is 0 Å². The first-order valence-electron chi connectivity index (χ1n) is 5.72. The molecule has 0 bridgehead atoms. The molecule has 0 aliphatic rings. The summed E-state index contributed by atoms with van der Waals surface area (Å²) in [5, 5.41) is 9.55. The maximum absolute atomic E-state index is 13.1. The molecule has 2 nitrogen and oxygen atoms in total. The minimum atomic E-state index is -0.477. The van der Waals surface area contributed by atoms with Crippen molar-refractivity contribution in [3.63, 3.8) is 0 Å². The smallest absolute Gasteiger partial charge is 0.126 e. The van der Waals surface area contributed by atoms with E-state index in [0.717, 1.165) is 12.0 Å². The Bertz CT molecular complexity index is 341. The van der Waals surface area contributed by atoms with Crippen LogP contribution in [-0.4, -0.2) is 17.8 Å². The number of halogens is 1. The number of hydrogen-bond acceptors (Lipinski definition) is 2. The highest BCUT2D eigenvalue weighted by atomic mass is 19.1. The summed E-state index contributed by atoms with van der Waals surface area (Å²) in [6.45, 7) is 4.09. The first-order valence-corrected chi connectivity index (χ1v) is 5.72. The van der Waals surface area contributed by atoms with Gasteiger partial charge in [0.25, 0.3) is 0 Å². The Morgan fingerprint density at radius 3 is 2.62 bits per heavy atom. The fourth-order valence-electron chi connectivity index (χ4n) is 1.88. The lowest BCUT2D eigenvalue weighted by molar-refractivity contribution is 0.162. The van der Waals surface area contributed by atoms with Crippen LogP contribution in [0.3, 0.4) is 0 Å². The minimum absolute atomic E-state index is 0.182. The van der Waals surface area contributed by atoms with Crippen LogP contribution in [0.4, 0.5) is 4.39 Å². The molecule has 0 radical (unpaired) electrons. The summed E-state index contributed by atoms with van der Waals surface area (Å²) in [4.78, 5) is 0. The van der Waals surface area contributed by atoms with Gasteiger partial charge in [-0.15, -0.1) is 0 Å². The van der Waals surface area contributed by atoms with E-state index in [2.05, 4.69) is 6.92 Å². The first-order chi connectivity index (χ1) is 7.58. The molecular weight excluding hydrogens is 205 g/mol. The van der Waals surface area contributed by atoms with Gasteiger partial charge in [0.15, 0.2) is 0 Å². The van der Waals surface area contributed by atoms with Gasteiger partial charge >= 0.3 is 0 Å². The summed E-state index contributed by atoms with van der Waals surface area (Å²) in [5.74, 6) is 0.0656. The van der Waals surface area contributed by atoms with Gasteiger partial charge in [0.1, 0.15) is 5.82 Å². The average Bonchev–Trinajstić information content (AvgIpc) is 2.29. The molecule has 1 aromatic rings. The highest BCUT2D eigenvalue weighted by Gasteiger charge is 2.14. The molecular formula is C13H20FNO. The van der Waals surface area contributed by atoms with E-state index in [0.29, 0.717) is 12.0 Å². The summed E-state index contributed by atoms with van der Waals surface area (Å²) in [7, 11) is 0. The molecule has 0 aliphatic heterocycles. The highest BCUT2D eigenvalue weighted by Crippen LogP contribution is 2.26. The van der Waals surface area contributed by atoms with Gasteiger partial charge in [0.2, 0.25) is 0 Å². The fraction of sp³-hybridized carbons (Fsp3) is 0.538. The van der Waals surface area contributed by atoms with Crippen LogP contribution in [0.2, 0.25) is 0 Å². The number of aryl methyl sites for hydroxylation is 1. The Morgan fingerprint density at radius 1 is 1.44 bits per heavy atom. The van der Waals surface area contributed by atoms with Gasteiger partial charge in [0.05, 0.1) is 6.10 Å². The second-order valence-corrected chi connectivity index (χ2v) is 4.24. The summed E-state index contributed by atoms with van der Waals surface area (Å²) in [5.41, 5.74) is 7.13. The zero-order valence-electron chi connectivity index (χ0n) is 9.91. The number of hydrogen-bond donors (Lipinski definition) is 2. The standard InChI is InChI=1S/C13H20FNO/c1-3-10(7-12(16)8-15)11-4-5-13(14)9(2)6-11/h4-6,10,12,16H,3,7-8,15H2,1-2H3. The van der Waals surface area contributed by atoms with Crippen LogP contribution in [0.15, 0.2) is 18.2 Å². The molecule has 0 heterocycles. The van der Waals surface area contributed by atoms with Gasteiger partial charge in [-0.25, -0.2) is 4.39 Å². The van der Waals surface area contributed by atoms with Crippen molar-refractivity contribution in [2.45, 2.75) is 38.7 Å². The largest absolute Gasteiger partial charge is 0.392 e. The molecule has 0 saturated heterocycles. The second kappa shape index (κ2) is 5.97. The van der Waals surface area contributed by atoms with E-state index in [1.165, 1.54) is 6.07 Å². The van der Waals surface area contributed by atoms with E-state index in [4.69, 9.17) is 5.73 Å². The average molecular weight is 225 g/mol. The molecule has 0 fully saturated rings. The Balaban J connectivity index is 2.82. The summed E-state index contributed by atoms with van der Waals surface area (Å²) >= 11 is 0. The number of aliphatic hydroxyl groups excluding tert-OH is 1. The minimum Gasteiger partial charge on any atom is -0.392 e. The first kappa shape index (κ1) is 13.1. The highest BCUT2D eigenvalue weighted by molar-refractivity contribution is 5.26. The number of nitrogens with two attached hydrogens (primary N) is 1. The third-order valence-corrected chi connectivity index (χ3v) is 2.97. The van der Waals surface area contributed by atoms with Crippen molar-refractivity contribution >= 4 is 0 Å². The monoisotopic (exact) mass is 225 g/mol. The van der Waals surface area contributed by atoms with Crippen LogP contribution in [0, 0.1) is 12.7 Å². The van der Waals surface area contributed by atoms with E-state index in [1.54, 1.807) is 13.0 Å². The van der Waals surface area contributed by atoms with Crippen molar-refractivity contribution < 1.29 is 9.50 Å². The van der Waals surface area contributed by atoms with Crippen LogP contribution in [0.1, 0.15) is 36.8 Å². The van der Waals surface area contributed by atoms with Gasteiger partial charge in [-0.1, -0.05) is 19.1 Å². The van der Waals surface area contributed by atoms with E-state index in [-0.39, 0.29) is 18.3 Å². The van der Waals surface area contributed by atoms with Crippen LogP contribution in [0.25, 0.3) is 0 Å². The summed E-state index contributed by atoms with van der Waals surface area (Å²) < 4.78 is 13.1. The Kier molecular flexibility index (Phi) is 4.90. The lowest BCUT2D eigenvalue weighted by atomic mass is 9.90. The van der Waals surface area contributed by atoms with Gasteiger partial charge in [-0.2, -0.15) is 0 Å². The van der Waals surface area contributed by atoms with Crippen molar-refractivity contribution in [1.29, 1.82) is 0 Å². The van der Waals surface area contributed by atoms with Gasteiger partial charge in [0, 0.05) is 6.54 Å². The molecule has 1 rings (SSSR count). The third kappa shape index (κ3) is 3.29. The predicted molar refractivity (Wildman–Crippen MR) is 63.8 cm³/mol. The maximum atomic E-state index is 13.1. The van der Waals surface area contributed by atoms with E-state index < -0.39 is 6.10 Å². The number of benzene rings is 1. The normalized spacial score (nSPS) is 14.8. The number of rotatable bonds is 5. The molecule has 0 aromatic heterocycles. The lowest BCUT2D eigenvalue weighted by Crippen LogP contribution is -2.22. The summed E-state index contributed by atoms with van der Waals surface area (Å²) in [6, 6.07) is 5.13. The van der Waals surface area contributed by atoms with Crippen LogP contribution in [0.5, 0.6) is 0 Å². The Hall–Kier alpha value is -0.930. The molecule has 0 spiro atoms. The Morgan fingerprint density at radius 2 is 2.12 bits per heavy atom. The molecule has 1 aromatic carbocycles. The lowest BCUT2D eigenvalue weighted by Gasteiger charge is -2.19. The second-order valence-electron chi connectivity index (χ2n) is 4.24. The molecule has 0 aliphatic carbocycles. The molecule has 2 unspecified atom stereocenters. The molecule has 16 heavy (non-hydrogen) atoms. The molecule has 2 atom stereocenters. The van der Waals surface area contributed by atoms with Gasteiger partial charge in [-0.05, 0) is 42.9 Å². The quantitative estimate of drug-likeness (QED) is 0.808. The molecule has 0 saturated carbocycles. The van der Waals surface area contributed by atoms with Crippen LogP contribution < -0.4 is 5.73 Å². The molecule has 0 amide bonds. The SMILES string of the molecule is CCC(CC(O)CN)c1ccc(F)c(C)c1. The zero-order chi connectivity index (χ0) is 12.1. The van der Waals surface area contributed by atoms with Crippen molar-refractivity contribution in [3.05, 3.63) is 35.1 Å². The molecule has 3 heteroatoms. The molecule has 90 valence electrons. The third-order valence-electron chi connectivity index (χ3n) is 2.97. The maximum Gasteiger partial charge on any atom is 0.126 e.